The Balaban J connectivity index is 1.17. The number of piperazine rings is 1. The van der Waals surface area contributed by atoms with E-state index in [0.717, 1.165) is 65.0 Å². The summed E-state index contributed by atoms with van der Waals surface area (Å²) in [6.07, 6.45) is 9.22. The molecule has 0 bridgehead atoms. The first-order chi connectivity index (χ1) is 19.9. The number of piperidine rings is 1. The molecule has 0 aliphatic carbocycles. The molecule has 2 unspecified atom stereocenters. The van der Waals surface area contributed by atoms with Crippen molar-refractivity contribution in [2.24, 2.45) is 5.92 Å². The SMILES string of the molecule is CC(C)CC1NC(=O)C2(CCN(CCCCCCc3ccccc3)CC2)N(C2CCN(Cc3ccccc3)C2)C1=O. The summed E-state index contributed by atoms with van der Waals surface area (Å²) < 4.78 is 0. The third-order valence-corrected chi connectivity index (χ3v) is 9.51. The molecule has 41 heavy (non-hydrogen) atoms. The minimum Gasteiger partial charge on any atom is -0.342 e. The number of carbonyl (C=O) groups excluding carboxylic acids is 2. The summed E-state index contributed by atoms with van der Waals surface area (Å²) in [4.78, 5) is 35.0. The summed E-state index contributed by atoms with van der Waals surface area (Å²) in [6, 6.07) is 21.0. The van der Waals surface area contributed by atoms with E-state index in [1.807, 2.05) is 0 Å². The number of amides is 2. The van der Waals surface area contributed by atoms with E-state index in [0.29, 0.717) is 12.3 Å². The number of benzene rings is 2. The van der Waals surface area contributed by atoms with E-state index in [4.69, 9.17) is 0 Å². The number of hydrogen-bond donors (Lipinski definition) is 1. The van der Waals surface area contributed by atoms with Crippen LogP contribution in [0.15, 0.2) is 60.7 Å². The molecule has 1 N–H and O–H groups in total. The normalized spacial score (nSPS) is 23.4. The summed E-state index contributed by atoms with van der Waals surface area (Å²) >= 11 is 0. The fourth-order valence-electron chi connectivity index (χ4n) is 7.29. The zero-order chi connectivity index (χ0) is 28.7. The van der Waals surface area contributed by atoms with Gasteiger partial charge in [0.2, 0.25) is 11.8 Å². The van der Waals surface area contributed by atoms with E-state index in [9.17, 15) is 9.59 Å². The monoisotopic (exact) mass is 558 g/mol. The van der Waals surface area contributed by atoms with Crippen LogP contribution < -0.4 is 5.32 Å². The van der Waals surface area contributed by atoms with Gasteiger partial charge in [-0.15, -0.1) is 0 Å². The molecule has 2 aromatic rings. The van der Waals surface area contributed by atoms with Gasteiger partial charge in [0.15, 0.2) is 0 Å². The number of likely N-dealkylation sites (tertiary alicyclic amines) is 2. The van der Waals surface area contributed by atoms with E-state index < -0.39 is 11.6 Å². The lowest BCUT2D eigenvalue weighted by Crippen LogP contribution is -2.75. The Labute approximate surface area is 247 Å². The van der Waals surface area contributed by atoms with Crippen LogP contribution in [0.4, 0.5) is 0 Å². The molecule has 2 amide bonds. The van der Waals surface area contributed by atoms with Crippen molar-refractivity contribution in [1.29, 1.82) is 0 Å². The maximum atomic E-state index is 14.1. The van der Waals surface area contributed by atoms with Gasteiger partial charge in [-0.2, -0.15) is 0 Å². The summed E-state index contributed by atoms with van der Waals surface area (Å²) in [5.41, 5.74) is 2.03. The van der Waals surface area contributed by atoms with Crippen molar-refractivity contribution in [1.82, 2.24) is 20.0 Å². The molecule has 1 spiro atoms. The zero-order valence-corrected chi connectivity index (χ0v) is 25.3. The molecular weight excluding hydrogens is 508 g/mol. The number of rotatable bonds is 12. The van der Waals surface area contributed by atoms with E-state index in [-0.39, 0.29) is 17.9 Å². The molecule has 3 fully saturated rings. The standard InChI is InChI=1S/C35H50N4O2/c1-28(2)25-32-33(40)39(31-18-22-38(27-31)26-30-16-10-6-11-17-30)35(34(41)36-32)19-23-37(24-20-35)21-12-4-3-7-13-29-14-8-5-9-15-29/h5-6,8-11,14-17,28,31-32H,3-4,7,12-13,18-27H2,1-2H3,(H,36,41). The van der Waals surface area contributed by atoms with Crippen molar-refractivity contribution < 1.29 is 9.59 Å². The molecule has 3 aliphatic heterocycles. The Hall–Kier alpha value is -2.70. The first-order valence-electron chi connectivity index (χ1n) is 16.1. The van der Waals surface area contributed by atoms with Crippen LogP contribution in [0, 0.1) is 5.92 Å². The molecule has 5 rings (SSSR count). The molecule has 6 heteroatoms. The number of carbonyl (C=O) groups is 2. The van der Waals surface area contributed by atoms with Gasteiger partial charge >= 0.3 is 0 Å². The molecule has 2 aromatic carbocycles. The maximum absolute atomic E-state index is 14.1. The largest absolute Gasteiger partial charge is 0.342 e. The Morgan fingerprint density at radius 1 is 0.829 bits per heavy atom. The molecule has 2 atom stereocenters. The van der Waals surface area contributed by atoms with Gasteiger partial charge in [0.25, 0.3) is 0 Å². The minimum atomic E-state index is -0.704. The van der Waals surface area contributed by atoms with Crippen LogP contribution in [0.2, 0.25) is 0 Å². The summed E-state index contributed by atoms with van der Waals surface area (Å²) in [6.45, 7) is 9.82. The van der Waals surface area contributed by atoms with Gasteiger partial charge in [0.05, 0.1) is 0 Å². The highest BCUT2D eigenvalue weighted by molar-refractivity contribution is 6.00. The van der Waals surface area contributed by atoms with Gasteiger partial charge in [0.1, 0.15) is 11.6 Å². The molecule has 222 valence electrons. The molecule has 3 heterocycles. The number of unbranched alkanes of at least 4 members (excludes halogenated alkanes) is 3. The molecule has 3 saturated heterocycles. The van der Waals surface area contributed by atoms with Crippen molar-refractivity contribution in [3.8, 4) is 0 Å². The predicted molar refractivity (Wildman–Crippen MR) is 165 cm³/mol. The lowest BCUT2D eigenvalue weighted by atomic mass is 9.79. The molecular formula is C35H50N4O2. The van der Waals surface area contributed by atoms with Crippen LogP contribution in [0.3, 0.4) is 0 Å². The first-order valence-corrected chi connectivity index (χ1v) is 16.1. The van der Waals surface area contributed by atoms with Crippen LogP contribution in [-0.4, -0.2) is 76.9 Å². The third kappa shape index (κ3) is 7.39. The quantitative estimate of drug-likeness (QED) is 0.361. The second-order valence-corrected chi connectivity index (χ2v) is 13.1. The average Bonchev–Trinajstić information content (AvgIpc) is 3.43. The van der Waals surface area contributed by atoms with Crippen molar-refractivity contribution in [2.75, 3.05) is 32.7 Å². The average molecular weight is 559 g/mol. The highest BCUT2D eigenvalue weighted by Crippen LogP contribution is 2.38. The van der Waals surface area contributed by atoms with Crippen LogP contribution in [-0.2, 0) is 22.6 Å². The number of nitrogens with zero attached hydrogens (tertiary/aromatic N) is 3. The van der Waals surface area contributed by atoms with Gasteiger partial charge in [-0.05, 0) is 68.5 Å². The van der Waals surface area contributed by atoms with Gasteiger partial charge in [-0.25, -0.2) is 0 Å². The van der Waals surface area contributed by atoms with Crippen molar-refractivity contribution >= 4 is 11.8 Å². The highest BCUT2D eigenvalue weighted by atomic mass is 16.2. The maximum Gasteiger partial charge on any atom is 0.246 e. The summed E-state index contributed by atoms with van der Waals surface area (Å²) in [7, 11) is 0. The first kappa shape index (κ1) is 29.8. The van der Waals surface area contributed by atoms with E-state index >= 15 is 0 Å². The Morgan fingerprint density at radius 2 is 1.49 bits per heavy atom. The number of nitrogens with one attached hydrogen (secondary N) is 1. The summed E-state index contributed by atoms with van der Waals surface area (Å²) in [5, 5.41) is 3.19. The topological polar surface area (TPSA) is 55.9 Å². The summed E-state index contributed by atoms with van der Waals surface area (Å²) in [5.74, 6) is 0.592. The fourth-order valence-corrected chi connectivity index (χ4v) is 7.29. The minimum absolute atomic E-state index is 0.0878. The van der Waals surface area contributed by atoms with Gasteiger partial charge in [-0.3, -0.25) is 14.5 Å². The zero-order valence-electron chi connectivity index (χ0n) is 25.3. The second kappa shape index (κ2) is 14.0. The predicted octanol–water partition coefficient (Wildman–Crippen LogP) is 5.27. The highest BCUT2D eigenvalue weighted by Gasteiger charge is 2.56. The fraction of sp³-hybridized carbons (Fsp3) is 0.600. The van der Waals surface area contributed by atoms with Crippen LogP contribution in [0.5, 0.6) is 0 Å². The molecule has 0 saturated carbocycles. The number of aryl methyl sites for hydroxylation is 1. The molecule has 0 radical (unpaired) electrons. The van der Waals surface area contributed by atoms with Crippen LogP contribution in [0.25, 0.3) is 0 Å². The molecule has 0 aromatic heterocycles. The Morgan fingerprint density at radius 3 is 2.17 bits per heavy atom. The van der Waals surface area contributed by atoms with Crippen molar-refractivity contribution in [2.45, 2.75) is 95.8 Å². The lowest BCUT2D eigenvalue weighted by Gasteiger charge is -2.54. The number of hydrogen-bond acceptors (Lipinski definition) is 4. The van der Waals surface area contributed by atoms with Crippen LogP contribution >= 0.6 is 0 Å². The van der Waals surface area contributed by atoms with Gasteiger partial charge < -0.3 is 15.1 Å². The molecule has 6 nitrogen and oxygen atoms in total. The third-order valence-electron chi connectivity index (χ3n) is 9.51. The second-order valence-electron chi connectivity index (χ2n) is 13.1. The van der Waals surface area contributed by atoms with Crippen molar-refractivity contribution in [3.63, 3.8) is 0 Å². The van der Waals surface area contributed by atoms with Crippen LogP contribution in [0.1, 0.15) is 76.3 Å². The molecule has 3 aliphatic rings. The lowest BCUT2D eigenvalue weighted by molar-refractivity contribution is -0.165. The van der Waals surface area contributed by atoms with Gasteiger partial charge in [0, 0.05) is 38.8 Å². The van der Waals surface area contributed by atoms with E-state index in [1.165, 1.54) is 36.8 Å². The van der Waals surface area contributed by atoms with E-state index in [1.54, 1.807) is 0 Å². The smallest absolute Gasteiger partial charge is 0.246 e. The Kier molecular flexibility index (Phi) is 10.2. The Bertz CT molecular complexity index is 1110. The van der Waals surface area contributed by atoms with E-state index in [2.05, 4.69) is 94.5 Å². The van der Waals surface area contributed by atoms with Crippen molar-refractivity contribution in [3.05, 3.63) is 71.8 Å². The van der Waals surface area contributed by atoms with Gasteiger partial charge in [-0.1, -0.05) is 87.4 Å².